The molecule has 0 saturated carbocycles. The summed E-state index contributed by atoms with van der Waals surface area (Å²) < 4.78 is 16.4. The molecule has 0 bridgehead atoms. The normalized spacial score (nSPS) is 27.5. The summed E-state index contributed by atoms with van der Waals surface area (Å²) in [5, 5.41) is 0. The molecular formula is C12H16O3. The molecule has 1 atom stereocenters. The zero-order chi connectivity index (χ0) is 11.1. The first-order chi connectivity index (χ1) is 6.99. The number of hydrogen-bond acceptors (Lipinski definition) is 3. The molecule has 1 aliphatic rings. The molecule has 1 unspecified atom stereocenters. The number of aryl methyl sites for hydroxylation is 1. The van der Waals surface area contributed by atoms with E-state index in [1.54, 1.807) is 7.11 Å². The number of hydrogen-bond donors (Lipinski definition) is 0. The van der Waals surface area contributed by atoms with Gasteiger partial charge in [0.25, 0.3) is 0 Å². The van der Waals surface area contributed by atoms with E-state index in [1.165, 1.54) is 5.56 Å². The Balaban J connectivity index is 2.12. The fourth-order valence-corrected chi connectivity index (χ4v) is 1.54. The second-order valence-corrected chi connectivity index (χ2v) is 4.29. The van der Waals surface area contributed by atoms with Gasteiger partial charge in [-0.2, -0.15) is 0 Å². The van der Waals surface area contributed by atoms with E-state index in [4.69, 9.17) is 14.2 Å². The van der Waals surface area contributed by atoms with Gasteiger partial charge in [0.15, 0.2) is 5.60 Å². The number of rotatable bonds is 3. The van der Waals surface area contributed by atoms with Gasteiger partial charge in [-0.3, -0.25) is 4.74 Å². The lowest BCUT2D eigenvalue weighted by Crippen LogP contribution is -2.30. The summed E-state index contributed by atoms with van der Waals surface area (Å²) in [6, 6.07) is 7.81. The summed E-state index contributed by atoms with van der Waals surface area (Å²) in [5.41, 5.74) is 0.817. The van der Waals surface area contributed by atoms with Crippen LogP contribution in [0.3, 0.4) is 0 Å². The van der Waals surface area contributed by atoms with E-state index in [0.717, 1.165) is 5.75 Å². The summed E-state index contributed by atoms with van der Waals surface area (Å²) in [4.78, 5) is 0. The Morgan fingerprint density at radius 2 is 1.67 bits per heavy atom. The van der Waals surface area contributed by atoms with Crippen LogP contribution < -0.4 is 4.74 Å². The number of methoxy groups -OCH3 is 1. The van der Waals surface area contributed by atoms with E-state index < -0.39 is 5.97 Å². The third-order valence-electron chi connectivity index (χ3n) is 2.63. The molecule has 82 valence electrons. The van der Waals surface area contributed by atoms with Crippen molar-refractivity contribution in [1.29, 1.82) is 0 Å². The average molecular weight is 208 g/mol. The zero-order valence-electron chi connectivity index (χ0n) is 9.53. The van der Waals surface area contributed by atoms with E-state index in [0.29, 0.717) is 0 Å². The zero-order valence-corrected chi connectivity index (χ0v) is 9.53. The fraction of sp³-hybridized carbons (Fsp3) is 0.500. The third kappa shape index (κ3) is 1.73. The minimum absolute atomic E-state index is 0.382. The summed E-state index contributed by atoms with van der Waals surface area (Å²) in [6.45, 7) is 5.91. The van der Waals surface area contributed by atoms with Crippen molar-refractivity contribution < 1.29 is 14.2 Å². The van der Waals surface area contributed by atoms with Crippen LogP contribution in [0.25, 0.3) is 0 Å². The van der Waals surface area contributed by atoms with Crippen LogP contribution in [0.5, 0.6) is 5.75 Å². The topological polar surface area (TPSA) is 31.0 Å². The van der Waals surface area contributed by atoms with E-state index >= 15 is 0 Å². The smallest absolute Gasteiger partial charge is 0.358 e. The van der Waals surface area contributed by atoms with Gasteiger partial charge in [-0.15, -0.1) is 0 Å². The van der Waals surface area contributed by atoms with Crippen molar-refractivity contribution in [3.05, 3.63) is 29.8 Å². The molecule has 0 aromatic heterocycles. The predicted molar refractivity (Wildman–Crippen MR) is 56.7 cm³/mol. The van der Waals surface area contributed by atoms with Crippen molar-refractivity contribution in [2.75, 3.05) is 7.11 Å². The molecule has 3 nitrogen and oxygen atoms in total. The summed E-state index contributed by atoms with van der Waals surface area (Å²) in [5.74, 6) is -0.157. The largest absolute Gasteiger partial charge is 0.437 e. The molecule has 2 rings (SSSR count). The van der Waals surface area contributed by atoms with Crippen LogP contribution in [0, 0.1) is 6.92 Å². The first-order valence-electron chi connectivity index (χ1n) is 5.00. The second-order valence-electron chi connectivity index (χ2n) is 4.29. The SMILES string of the molecule is COC1(Oc2ccc(C)cc2)OC1(C)C. The van der Waals surface area contributed by atoms with Gasteiger partial charge in [0.2, 0.25) is 0 Å². The number of benzene rings is 1. The Bertz CT molecular complexity index is 356. The molecule has 15 heavy (non-hydrogen) atoms. The van der Waals surface area contributed by atoms with Crippen molar-refractivity contribution in [3.63, 3.8) is 0 Å². The molecule has 1 aromatic rings. The third-order valence-corrected chi connectivity index (χ3v) is 2.63. The van der Waals surface area contributed by atoms with Gasteiger partial charge in [-0.1, -0.05) is 17.7 Å². The lowest BCUT2D eigenvalue weighted by molar-refractivity contribution is -0.156. The van der Waals surface area contributed by atoms with Gasteiger partial charge in [0, 0.05) is 7.11 Å². The van der Waals surface area contributed by atoms with Crippen molar-refractivity contribution in [1.82, 2.24) is 0 Å². The van der Waals surface area contributed by atoms with Gasteiger partial charge < -0.3 is 9.47 Å². The monoisotopic (exact) mass is 208 g/mol. The Kier molecular flexibility index (Phi) is 2.24. The lowest BCUT2D eigenvalue weighted by Gasteiger charge is -2.15. The van der Waals surface area contributed by atoms with Gasteiger partial charge >= 0.3 is 5.97 Å². The lowest BCUT2D eigenvalue weighted by atomic mass is 10.2. The van der Waals surface area contributed by atoms with E-state index in [-0.39, 0.29) is 5.60 Å². The maximum atomic E-state index is 5.69. The van der Waals surface area contributed by atoms with Gasteiger partial charge in [0.1, 0.15) is 5.75 Å². The minimum atomic E-state index is -0.914. The average Bonchev–Trinajstić information content (AvgIpc) is 2.73. The molecule has 1 saturated heterocycles. The van der Waals surface area contributed by atoms with Crippen molar-refractivity contribution in [2.24, 2.45) is 0 Å². The summed E-state index contributed by atoms with van der Waals surface area (Å²) >= 11 is 0. The van der Waals surface area contributed by atoms with Crippen LogP contribution in [0.2, 0.25) is 0 Å². The highest BCUT2D eigenvalue weighted by Crippen LogP contribution is 2.48. The van der Waals surface area contributed by atoms with Crippen molar-refractivity contribution >= 4 is 0 Å². The van der Waals surface area contributed by atoms with Crippen LogP contribution in [0.15, 0.2) is 24.3 Å². The highest BCUT2D eigenvalue weighted by molar-refractivity contribution is 5.27. The molecule has 1 aliphatic heterocycles. The van der Waals surface area contributed by atoms with Crippen molar-refractivity contribution in [3.8, 4) is 5.75 Å². The Labute approximate surface area is 90.0 Å². The van der Waals surface area contributed by atoms with E-state index in [1.807, 2.05) is 45.0 Å². The molecule has 0 radical (unpaired) electrons. The molecular weight excluding hydrogens is 192 g/mol. The molecule has 1 fully saturated rings. The standard InChI is InChI=1S/C12H16O3/c1-9-5-7-10(8-6-9)14-12(13-4)11(2,3)15-12/h5-8H,1-4H3. The predicted octanol–water partition coefficient (Wildman–Crippen LogP) is 2.48. The van der Waals surface area contributed by atoms with Crippen LogP contribution in [-0.4, -0.2) is 18.7 Å². The summed E-state index contributed by atoms with van der Waals surface area (Å²) in [6.07, 6.45) is 0. The Hall–Kier alpha value is -1.06. The minimum Gasteiger partial charge on any atom is -0.437 e. The number of ether oxygens (including phenoxy) is 3. The van der Waals surface area contributed by atoms with Gasteiger partial charge in [-0.25, -0.2) is 0 Å². The second kappa shape index (κ2) is 3.22. The number of epoxide rings is 1. The quantitative estimate of drug-likeness (QED) is 0.565. The van der Waals surface area contributed by atoms with E-state index in [2.05, 4.69) is 0 Å². The van der Waals surface area contributed by atoms with Crippen LogP contribution in [0.1, 0.15) is 19.4 Å². The molecule has 0 N–H and O–H groups in total. The van der Waals surface area contributed by atoms with Crippen LogP contribution in [0.4, 0.5) is 0 Å². The first kappa shape index (κ1) is 10.5. The van der Waals surface area contributed by atoms with E-state index in [9.17, 15) is 0 Å². The Morgan fingerprint density at radius 1 is 1.13 bits per heavy atom. The van der Waals surface area contributed by atoms with Crippen LogP contribution >= 0.6 is 0 Å². The maximum Gasteiger partial charge on any atom is 0.358 e. The highest BCUT2D eigenvalue weighted by atomic mass is 17.0. The van der Waals surface area contributed by atoms with Gasteiger partial charge in [-0.05, 0) is 32.9 Å². The van der Waals surface area contributed by atoms with Crippen molar-refractivity contribution in [2.45, 2.75) is 32.3 Å². The van der Waals surface area contributed by atoms with Crippen LogP contribution in [-0.2, 0) is 9.47 Å². The highest BCUT2D eigenvalue weighted by Gasteiger charge is 2.69. The Morgan fingerprint density at radius 3 is 2.07 bits per heavy atom. The molecule has 1 aromatic carbocycles. The molecule has 0 amide bonds. The molecule has 3 heteroatoms. The fourth-order valence-electron chi connectivity index (χ4n) is 1.54. The van der Waals surface area contributed by atoms with Gasteiger partial charge in [0.05, 0.1) is 0 Å². The molecule has 0 aliphatic carbocycles. The first-order valence-corrected chi connectivity index (χ1v) is 5.00. The molecule has 0 spiro atoms. The maximum absolute atomic E-state index is 5.69. The molecule has 1 heterocycles. The summed E-state index contributed by atoms with van der Waals surface area (Å²) in [7, 11) is 1.59.